The largest absolute Gasteiger partial charge is 0.480 e. The first-order chi connectivity index (χ1) is 8.66. The van der Waals surface area contributed by atoms with Crippen LogP contribution in [0.1, 0.15) is 12.8 Å². The highest BCUT2D eigenvalue weighted by atomic mass is 16.4. The maximum Gasteiger partial charge on any atom is 0.326 e. The molecule has 1 fully saturated rings. The number of nitrogens with zero attached hydrogens (tertiary/aromatic N) is 4. The molecule has 0 bridgehead atoms. The number of hydrogen-bond donors (Lipinski definition) is 2. The third kappa shape index (κ3) is 1.77. The lowest BCUT2D eigenvalue weighted by molar-refractivity contribution is -0.138. The zero-order chi connectivity index (χ0) is 12.7. The Labute approximate surface area is 103 Å². The Morgan fingerprint density at radius 1 is 1.56 bits per heavy atom. The molecule has 1 atom stereocenters. The van der Waals surface area contributed by atoms with Crippen LogP contribution in [0.15, 0.2) is 12.5 Å². The number of anilines is 1. The molecule has 3 rings (SSSR count). The molecule has 0 spiro atoms. The van der Waals surface area contributed by atoms with Crippen molar-refractivity contribution >= 4 is 22.8 Å². The van der Waals surface area contributed by atoms with Gasteiger partial charge in [-0.25, -0.2) is 14.8 Å². The number of aromatic nitrogens is 4. The number of nitrogens with one attached hydrogen (secondary N) is 1. The molecular formula is C11H13N5O2. The molecule has 2 heterocycles. The summed E-state index contributed by atoms with van der Waals surface area (Å²) in [6.07, 6.45) is 4.96. The summed E-state index contributed by atoms with van der Waals surface area (Å²) in [5, 5.41) is 17.0. The zero-order valence-electron chi connectivity index (χ0n) is 9.87. The maximum absolute atomic E-state index is 11.2. The second-order valence-electron chi connectivity index (χ2n) is 4.53. The summed E-state index contributed by atoms with van der Waals surface area (Å²) < 4.78 is 1.63. The number of carbonyl (C=O) groups is 1. The quantitative estimate of drug-likeness (QED) is 0.823. The Kier molecular flexibility index (Phi) is 2.39. The third-order valence-electron chi connectivity index (χ3n) is 3.18. The van der Waals surface area contributed by atoms with Gasteiger partial charge in [0.2, 0.25) is 0 Å². The number of rotatable bonds is 4. The van der Waals surface area contributed by atoms with E-state index < -0.39 is 12.0 Å². The normalized spacial score (nSPS) is 16.7. The molecule has 0 saturated heterocycles. The third-order valence-corrected chi connectivity index (χ3v) is 3.18. The first-order valence-electron chi connectivity index (χ1n) is 5.79. The van der Waals surface area contributed by atoms with Crippen molar-refractivity contribution in [2.24, 2.45) is 13.0 Å². The molecule has 1 saturated carbocycles. The lowest BCUT2D eigenvalue weighted by atomic mass is 10.2. The van der Waals surface area contributed by atoms with Crippen LogP contribution in [0.2, 0.25) is 0 Å². The van der Waals surface area contributed by atoms with Crippen LogP contribution in [0, 0.1) is 5.92 Å². The van der Waals surface area contributed by atoms with Gasteiger partial charge in [-0.3, -0.25) is 4.68 Å². The van der Waals surface area contributed by atoms with E-state index in [1.807, 2.05) is 0 Å². The van der Waals surface area contributed by atoms with Crippen molar-refractivity contribution in [3.63, 3.8) is 0 Å². The van der Waals surface area contributed by atoms with E-state index >= 15 is 0 Å². The van der Waals surface area contributed by atoms with Crippen molar-refractivity contribution in [1.82, 2.24) is 19.7 Å². The van der Waals surface area contributed by atoms with Gasteiger partial charge in [0.15, 0.2) is 5.65 Å². The first kappa shape index (κ1) is 10.9. The molecule has 2 N–H and O–H groups in total. The Morgan fingerprint density at radius 3 is 3.00 bits per heavy atom. The van der Waals surface area contributed by atoms with Crippen molar-refractivity contribution in [2.75, 3.05) is 5.32 Å². The van der Waals surface area contributed by atoms with Crippen LogP contribution < -0.4 is 5.32 Å². The number of carboxylic acids is 1. The molecule has 1 unspecified atom stereocenters. The summed E-state index contributed by atoms with van der Waals surface area (Å²) in [5.41, 5.74) is 0.687. The molecule has 18 heavy (non-hydrogen) atoms. The van der Waals surface area contributed by atoms with E-state index in [4.69, 9.17) is 0 Å². The highest BCUT2D eigenvalue weighted by Gasteiger charge is 2.36. The second-order valence-corrected chi connectivity index (χ2v) is 4.53. The molecule has 2 aromatic heterocycles. The zero-order valence-corrected chi connectivity index (χ0v) is 9.87. The molecule has 1 aliphatic carbocycles. The molecular weight excluding hydrogens is 234 g/mol. The minimum absolute atomic E-state index is 0.198. The maximum atomic E-state index is 11.2. The van der Waals surface area contributed by atoms with E-state index in [1.54, 1.807) is 17.9 Å². The summed E-state index contributed by atoms with van der Waals surface area (Å²) in [7, 11) is 1.79. The summed E-state index contributed by atoms with van der Waals surface area (Å²) in [6.45, 7) is 0. The summed E-state index contributed by atoms with van der Waals surface area (Å²) in [6, 6.07) is -0.580. The van der Waals surface area contributed by atoms with Gasteiger partial charge in [-0.1, -0.05) is 0 Å². The van der Waals surface area contributed by atoms with Crippen LogP contribution in [-0.2, 0) is 11.8 Å². The SMILES string of the molecule is Cn1ncc2c(NC(C(=O)O)C3CC3)ncnc21. The van der Waals surface area contributed by atoms with Crippen LogP contribution >= 0.6 is 0 Å². The van der Waals surface area contributed by atoms with Crippen molar-refractivity contribution in [3.05, 3.63) is 12.5 Å². The molecule has 7 heteroatoms. The van der Waals surface area contributed by atoms with Crippen LogP contribution in [0.25, 0.3) is 11.0 Å². The fourth-order valence-electron chi connectivity index (χ4n) is 2.04. The average Bonchev–Trinajstić information content (AvgIpc) is 3.11. The summed E-state index contributed by atoms with van der Waals surface area (Å²) >= 11 is 0. The Bertz CT molecular complexity index is 604. The Balaban J connectivity index is 1.96. The van der Waals surface area contributed by atoms with Crippen LogP contribution in [0.4, 0.5) is 5.82 Å². The van der Waals surface area contributed by atoms with Crippen LogP contribution in [-0.4, -0.2) is 36.9 Å². The first-order valence-corrected chi connectivity index (χ1v) is 5.79. The highest BCUT2D eigenvalue weighted by molar-refractivity contribution is 5.88. The van der Waals surface area contributed by atoms with Crippen molar-refractivity contribution in [2.45, 2.75) is 18.9 Å². The minimum Gasteiger partial charge on any atom is -0.480 e. The smallest absolute Gasteiger partial charge is 0.326 e. The van der Waals surface area contributed by atoms with E-state index in [0.717, 1.165) is 18.2 Å². The number of aliphatic carboxylic acids is 1. The lowest BCUT2D eigenvalue weighted by Crippen LogP contribution is -2.31. The highest BCUT2D eigenvalue weighted by Crippen LogP contribution is 2.34. The monoisotopic (exact) mass is 247 g/mol. The van der Waals surface area contributed by atoms with Gasteiger partial charge in [-0.05, 0) is 18.8 Å². The molecule has 1 aliphatic rings. The Hall–Kier alpha value is -2.18. The van der Waals surface area contributed by atoms with Crippen LogP contribution in [0.3, 0.4) is 0 Å². The van der Waals surface area contributed by atoms with E-state index in [-0.39, 0.29) is 5.92 Å². The van der Waals surface area contributed by atoms with Gasteiger partial charge in [-0.2, -0.15) is 5.10 Å². The van der Waals surface area contributed by atoms with Crippen molar-refractivity contribution in [3.8, 4) is 0 Å². The molecule has 0 aliphatic heterocycles. The van der Waals surface area contributed by atoms with E-state index in [2.05, 4.69) is 20.4 Å². The number of carboxylic acid groups (broad SMARTS) is 1. The summed E-state index contributed by atoms with van der Waals surface area (Å²) in [4.78, 5) is 19.4. The van der Waals surface area contributed by atoms with Gasteiger partial charge in [0.1, 0.15) is 18.2 Å². The van der Waals surface area contributed by atoms with Gasteiger partial charge in [0.05, 0.1) is 11.6 Å². The predicted octanol–water partition coefficient (Wildman–Crippen LogP) is 0.638. The Morgan fingerprint density at radius 2 is 2.33 bits per heavy atom. The van der Waals surface area contributed by atoms with Gasteiger partial charge in [-0.15, -0.1) is 0 Å². The molecule has 0 amide bonds. The summed E-state index contributed by atoms with van der Waals surface area (Å²) in [5.74, 6) is -0.107. The fraction of sp³-hybridized carbons (Fsp3) is 0.455. The van der Waals surface area contributed by atoms with Crippen molar-refractivity contribution < 1.29 is 9.90 Å². The molecule has 0 aromatic carbocycles. The molecule has 2 aromatic rings. The second kappa shape index (κ2) is 3.94. The van der Waals surface area contributed by atoms with E-state index in [9.17, 15) is 9.90 Å². The molecule has 0 radical (unpaired) electrons. The van der Waals surface area contributed by atoms with Gasteiger partial charge in [0, 0.05) is 7.05 Å². The molecule has 7 nitrogen and oxygen atoms in total. The molecule has 94 valence electrons. The fourth-order valence-corrected chi connectivity index (χ4v) is 2.04. The van der Waals surface area contributed by atoms with Gasteiger partial charge < -0.3 is 10.4 Å². The van der Waals surface area contributed by atoms with E-state index in [0.29, 0.717) is 11.5 Å². The van der Waals surface area contributed by atoms with E-state index in [1.165, 1.54) is 6.33 Å². The van der Waals surface area contributed by atoms with Gasteiger partial charge in [0.25, 0.3) is 0 Å². The number of aryl methyl sites for hydroxylation is 1. The predicted molar refractivity (Wildman–Crippen MR) is 64.1 cm³/mol. The minimum atomic E-state index is -0.840. The number of hydrogen-bond acceptors (Lipinski definition) is 5. The standard InChI is InChI=1S/C11H13N5O2/c1-16-10-7(4-14-16)9(12-5-13-10)15-8(11(17)18)6-2-3-6/h4-6,8H,2-3H2,1H3,(H,17,18)(H,12,13,15). The topological polar surface area (TPSA) is 92.9 Å². The van der Waals surface area contributed by atoms with Gasteiger partial charge >= 0.3 is 5.97 Å². The van der Waals surface area contributed by atoms with Crippen molar-refractivity contribution in [1.29, 1.82) is 0 Å². The van der Waals surface area contributed by atoms with Crippen LogP contribution in [0.5, 0.6) is 0 Å². The number of fused-ring (bicyclic) bond motifs is 1. The average molecular weight is 247 g/mol. The lowest BCUT2D eigenvalue weighted by Gasteiger charge is -2.14.